The molecule has 0 unspecified atom stereocenters. The third-order valence-electron chi connectivity index (χ3n) is 6.39. The monoisotopic (exact) mass is 385 g/mol. The predicted molar refractivity (Wildman–Crippen MR) is 104 cm³/mol. The summed E-state index contributed by atoms with van der Waals surface area (Å²) < 4.78 is 5.45. The summed E-state index contributed by atoms with van der Waals surface area (Å²) in [7, 11) is 0. The van der Waals surface area contributed by atoms with Crippen LogP contribution in [0.1, 0.15) is 38.5 Å². The van der Waals surface area contributed by atoms with Gasteiger partial charge in [-0.25, -0.2) is 0 Å². The summed E-state index contributed by atoms with van der Waals surface area (Å²) in [5.41, 5.74) is 0.925. The summed E-state index contributed by atoms with van der Waals surface area (Å²) in [4.78, 5) is 40.2. The van der Waals surface area contributed by atoms with Crippen LogP contribution in [0.2, 0.25) is 0 Å². The Morgan fingerprint density at radius 3 is 2.71 bits per heavy atom. The van der Waals surface area contributed by atoms with Crippen molar-refractivity contribution in [3.63, 3.8) is 0 Å². The lowest BCUT2D eigenvalue weighted by atomic mass is 9.73. The Labute approximate surface area is 165 Å². The molecule has 7 nitrogen and oxygen atoms in total. The second-order valence-corrected chi connectivity index (χ2v) is 8.03. The Balaban J connectivity index is 1.32. The Bertz CT molecular complexity index is 771. The van der Waals surface area contributed by atoms with Crippen molar-refractivity contribution in [2.45, 2.75) is 38.5 Å². The van der Waals surface area contributed by atoms with Gasteiger partial charge in [0, 0.05) is 39.0 Å². The van der Waals surface area contributed by atoms with Gasteiger partial charge in [-0.15, -0.1) is 0 Å². The van der Waals surface area contributed by atoms with E-state index < -0.39 is 0 Å². The molecule has 1 N–H and O–H groups in total. The number of hydrogen-bond acceptors (Lipinski definition) is 4. The van der Waals surface area contributed by atoms with Crippen molar-refractivity contribution >= 4 is 23.4 Å². The van der Waals surface area contributed by atoms with Gasteiger partial charge in [0.25, 0.3) is 5.91 Å². The van der Waals surface area contributed by atoms with Crippen LogP contribution in [0.15, 0.2) is 24.3 Å². The smallest absolute Gasteiger partial charge is 0.265 e. The summed E-state index contributed by atoms with van der Waals surface area (Å²) in [5.74, 6) is 0.811. The fraction of sp³-hybridized carbons (Fsp3) is 0.571. The third kappa shape index (κ3) is 3.84. The number of anilines is 1. The zero-order valence-electron chi connectivity index (χ0n) is 16.1. The zero-order chi connectivity index (χ0) is 19.6. The van der Waals surface area contributed by atoms with Crippen LogP contribution >= 0.6 is 0 Å². The summed E-state index contributed by atoms with van der Waals surface area (Å²) in [5, 5.41) is 2.95. The van der Waals surface area contributed by atoms with Gasteiger partial charge in [-0.2, -0.15) is 0 Å². The molecular weight excluding hydrogens is 358 g/mol. The van der Waals surface area contributed by atoms with Crippen molar-refractivity contribution in [1.82, 2.24) is 10.2 Å². The predicted octanol–water partition coefficient (Wildman–Crippen LogP) is 1.71. The quantitative estimate of drug-likeness (QED) is 0.859. The van der Waals surface area contributed by atoms with Gasteiger partial charge in [-0.05, 0) is 43.2 Å². The van der Waals surface area contributed by atoms with Crippen LogP contribution in [0, 0.1) is 5.41 Å². The van der Waals surface area contributed by atoms with Gasteiger partial charge in [-0.1, -0.05) is 12.1 Å². The minimum atomic E-state index is -0.111. The SMILES string of the molecule is O=C1CCC2(CCN1)CCN(C(=O)CCN1C(=O)COc3ccccc31)CC2. The van der Waals surface area contributed by atoms with Gasteiger partial charge in [0.2, 0.25) is 11.8 Å². The molecule has 1 aromatic rings. The molecule has 28 heavy (non-hydrogen) atoms. The molecule has 1 spiro atoms. The van der Waals surface area contributed by atoms with Gasteiger partial charge in [0.05, 0.1) is 5.69 Å². The van der Waals surface area contributed by atoms with E-state index in [0.29, 0.717) is 25.1 Å². The molecule has 0 saturated carbocycles. The maximum absolute atomic E-state index is 12.7. The number of para-hydroxylation sites is 2. The maximum atomic E-state index is 12.7. The first-order chi connectivity index (χ1) is 13.6. The highest BCUT2D eigenvalue weighted by Gasteiger charge is 2.37. The molecular formula is C21H27N3O4. The molecule has 7 heteroatoms. The molecule has 0 atom stereocenters. The highest BCUT2D eigenvalue weighted by Crippen LogP contribution is 2.40. The van der Waals surface area contributed by atoms with Crippen LogP contribution in [0.3, 0.4) is 0 Å². The molecule has 3 amide bonds. The fourth-order valence-electron chi connectivity index (χ4n) is 4.55. The van der Waals surface area contributed by atoms with Gasteiger partial charge in [-0.3, -0.25) is 14.4 Å². The van der Waals surface area contributed by atoms with Crippen molar-refractivity contribution in [2.24, 2.45) is 5.41 Å². The van der Waals surface area contributed by atoms with E-state index in [1.54, 1.807) is 4.90 Å². The van der Waals surface area contributed by atoms with Crippen molar-refractivity contribution in [3.05, 3.63) is 24.3 Å². The third-order valence-corrected chi connectivity index (χ3v) is 6.39. The van der Waals surface area contributed by atoms with E-state index in [4.69, 9.17) is 4.74 Å². The Morgan fingerprint density at radius 1 is 1.11 bits per heavy atom. The first-order valence-corrected chi connectivity index (χ1v) is 10.1. The fourth-order valence-corrected chi connectivity index (χ4v) is 4.55. The molecule has 1 aromatic carbocycles. The minimum absolute atomic E-state index is 0.0180. The standard InChI is InChI=1S/C21H27N3O4/c25-18-5-7-21(8-11-22-18)9-13-23(14-10-21)19(26)6-12-24-16-3-1-2-4-17(16)28-15-20(24)27/h1-4H,5-15H2,(H,22,25). The average molecular weight is 385 g/mol. The summed E-state index contributed by atoms with van der Waals surface area (Å²) in [6.45, 7) is 2.61. The van der Waals surface area contributed by atoms with E-state index in [-0.39, 0.29) is 29.7 Å². The second-order valence-electron chi connectivity index (χ2n) is 8.03. The van der Waals surface area contributed by atoms with Gasteiger partial charge < -0.3 is 19.9 Å². The number of carbonyl (C=O) groups is 3. The van der Waals surface area contributed by atoms with Crippen LogP contribution in [-0.2, 0) is 14.4 Å². The van der Waals surface area contributed by atoms with E-state index in [9.17, 15) is 14.4 Å². The van der Waals surface area contributed by atoms with Gasteiger partial charge >= 0.3 is 0 Å². The number of piperidine rings is 1. The molecule has 0 radical (unpaired) electrons. The van der Waals surface area contributed by atoms with Crippen molar-refractivity contribution in [2.75, 3.05) is 37.7 Å². The van der Waals surface area contributed by atoms with Crippen molar-refractivity contribution in [3.8, 4) is 5.75 Å². The molecule has 0 aliphatic carbocycles. The largest absolute Gasteiger partial charge is 0.482 e. The number of fused-ring (bicyclic) bond motifs is 1. The number of rotatable bonds is 3. The maximum Gasteiger partial charge on any atom is 0.265 e. The summed E-state index contributed by atoms with van der Waals surface area (Å²) in [6.07, 6.45) is 4.72. The van der Waals surface area contributed by atoms with E-state index in [1.165, 1.54) is 0 Å². The average Bonchev–Trinajstić information content (AvgIpc) is 2.89. The number of nitrogens with zero attached hydrogens (tertiary/aromatic N) is 2. The minimum Gasteiger partial charge on any atom is -0.482 e. The van der Waals surface area contributed by atoms with Crippen molar-refractivity contribution in [1.29, 1.82) is 0 Å². The topological polar surface area (TPSA) is 79.0 Å². The Kier molecular flexibility index (Phi) is 5.24. The number of hydrogen-bond donors (Lipinski definition) is 1. The van der Waals surface area contributed by atoms with E-state index in [0.717, 1.165) is 51.0 Å². The molecule has 3 heterocycles. The molecule has 2 saturated heterocycles. The number of ether oxygens (including phenoxy) is 1. The highest BCUT2D eigenvalue weighted by atomic mass is 16.5. The number of likely N-dealkylation sites (tertiary alicyclic amines) is 1. The van der Waals surface area contributed by atoms with E-state index in [2.05, 4.69) is 5.32 Å². The number of carbonyl (C=O) groups excluding carboxylic acids is 3. The van der Waals surface area contributed by atoms with E-state index >= 15 is 0 Å². The molecule has 3 aliphatic heterocycles. The first-order valence-electron chi connectivity index (χ1n) is 10.1. The molecule has 3 aliphatic rings. The Hall–Kier alpha value is -2.57. The number of amides is 3. The lowest BCUT2D eigenvalue weighted by Gasteiger charge is -2.41. The van der Waals surface area contributed by atoms with Crippen LogP contribution in [-0.4, -0.2) is 55.4 Å². The lowest BCUT2D eigenvalue weighted by Crippen LogP contribution is -2.45. The summed E-state index contributed by atoms with van der Waals surface area (Å²) >= 11 is 0. The van der Waals surface area contributed by atoms with Crippen LogP contribution in [0.4, 0.5) is 5.69 Å². The van der Waals surface area contributed by atoms with Gasteiger partial charge in [0.15, 0.2) is 6.61 Å². The van der Waals surface area contributed by atoms with Crippen molar-refractivity contribution < 1.29 is 19.1 Å². The zero-order valence-corrected chi connectivity index (χ0v) is 16.1. The highest BCUT2D eigenvalue weighted by molar-refractivity contribution is 5.98. The van der Waals surface area contributed by atoms with Crippen LogP contribution in [0.5, 0.6) is 5.75 Å². The molecule has 2 fully saturated rings. The number of nitrogens with one attached hydrogen (secondary N) is 1. The first kappa shape index (κ1) is 18.8. The summed E-state index contributed by atoms with van der Waals surface area (Å²) in [6, 6.07) is 7.43. The van der Waals surface area contributed by atoms with E-state index in [1.807, 2.05) is 29.2 Å². The second kappa shape index (κ2) is 7.81. The van der Waals surface area contributed by atoms with Gasteiger partial charge in [0.1, 0.15) is 5.75 Å². The molecule has 150 valence electrons. The molecule has 0 bridgehead atoms. The molecule has 4 rings (SSSR count). The molecule has 0 aromatic heterocycles. The number of benzene rings is 1. The Morgan fingerprint density at radius 2 is 1.89 bits per heavy atom. The van der Waals surface area contributed by atoms with Crippen LogP contribution in [0.25, 0.3) is 0 Å². The normalized spacial score (nSPS) is 21.6. The lowest BCUT2D eigenvalue weighted by molar-refractivity contribution is -0.133. The van der Waals surface area contributed by atoms with Crippen LogP contribution < -0.4 is 15.0 Å².